The number of ether oxygens (including phenoxy) is 1. The van der Waals surface area contributed by atoms with E-state index in [4.69, 9.17) is 4.74 Å². The van der Waals surface area contributed by atoms with Crippen molar-refractivity contribution in [3.05, 3.63) is 0 Å². The number of rotatable bonds is 7. The van der Waals surface area contributed by atoms with Crippen LogP contribution in [0.15, 0.2) is 0 Å². The summed E-state index contributed by atoms with van der Waals surface area (Å²) in [7, 11) is 0. The fourth-order valence-electron chi connectivity index (χ4n) is 3.59. The maximum absolute atomic E-state index is 5.44. The Labute approximate surface area is 106 Å². The number of hydrogen-bond donors (Lipinski definition) is 1. The van der Waals surface area contributed by atoms with Gasteiger partial charge in [-0.25, -0.2) is 0 Å². The van der Waals surface area contributed by atoms with E-state index in [-0.39, 0.29) is 0 Å². The Bertz CT molecular complexity index is 208. The molecule has 0 aromatic carbocycles. The molecule has 2 bridgehead atoms. The lowest BCUT2D eigenvalue weighted by Crippen LogP contribution is -2.49. The average molecular weight is 240 g/mol. The summed E-state index contributed by atoms with van der Waals surface area (Å²) < 4.78 is 5.44. The van der Waals surface area contributed by atoms with E-state index in [1.54, 1.807) is 0 Å². The zero-order valence-electron chi connectivity index (χ0n) is 11.5. The minimum absolute atomic E-state index is 0.778. The lowest BCUT2D eigenvalue weighted by atomic mass is 9.97. The van der Waals surface area contributed by atoms with E-state index >= 15 is 0 Å². The molecule has 3 nitrogen and oxygen atoms in total. The molecule has 0 saturated carbocycles. The molecule has 2 saturated heterocycles. The fraction of sp³-hybridized carbons (Fsp3) is 1.00. The predicted molar refractivity (Wildman–Crippen MR) is 71.3 cm³/mol. The lowest BCUT2D eigenvalue weighted by Gasteiger charge is -2.39. The van der Waals surface area contributed by atoms with Crippen LogP contribution in [-0.4, -0.2) is 49.3 Å². The highest BCUT2D eigenvalue weighted by Gasteiger charge is 2.39. The van der Waals surface area contributed by atoms with Crippen LogP contribution in [0.2, 0.25) is 0 Å². The van der Waals surface area contributed by atoms with Gasteiger partial charge in [-0.3, -0.25) is 4.90 Å². The van der Waals surface area contributed by atoms with Crippen molar-refractivity contribution in [1.29, 1.82) is 0 Å². The molecule has 0 aromatic rings. The summed E-state index contributed by atoms with van der Waals surface area (Å²) in [6.45, 7) is 8.45. The van der Waals surface area contributed by atoms with Crippen molar-refractivity contribution in [1.82, 2.24) is 10.2 Å². The third-order valence-electron chi connectivity index (χ3n) is 4.29. The SMILES string of the molecule is CCNC1CC2CCC(C1)N2CCCOCC. The van der Waals surface area contributed by atoms with Crippen molar-refractivity contribution in [2.45, 2.75) is 64.1 Å². The summed E-state index contributed by atoms with van der Waals surface area (Å²) in [4.78, 5) is 2.76. The van der Waals surface area contributed by atoms with Crippen molar-refractivity contribution in [2.24, 2.45) is 0 Å². The highest BCUT2D eigenvalue weighted by atomic mass is 16.5. The molecule has 100 valence electrons. The normalized spacial score (nSPS) is 33.2. The van der Waals surface area contributed by atoms with Crippen LogP contribution >= 0.6 is 0 Å². The van der Waals surface area contributed by atoms with Gasteiger partial charge in [0, 0.05) is 37.9 Å². The summed E-state index contributed by atoms with van der Waals surface area (Å²) in [5, 5.41) is 3.63. The molecule has 2 atom stereocenters. The second kappa shape index (κ2) is 6.72. The first-order chi connectivity index (χ1) is 8.35. The molecule has 2 aliphatic rings. The minimum atomic E-state index is 0.778. The van der Waals surface area contributed by atoms with Gasteiger partial charge in [0.15, 0.2) is 0 Å². The largest absolute Gasteiger partial charge is 0.382 e. The number of hydrogen-bond acceptors (Lipinski definition) is 3. The van der Waals surface area contributed by atoms with Gasteiger partial charge in [-0.05, 0) is 45.6 Å². The Hall–Kier alpha value is -0.120. The Morgan fingerprint density at radius 2 is 1.88 bits per heavy atom. The number of nitrogens with zero attached hydrogens (tertiary/aromatic N) is 1. The molecule has 2 heterocycles. The van der Waals surface area contributed by atoms with Gasteiger partial charge in [-0.15, -0.1) is 0 Å². The Morgan fingerprint density at radius 1 is 1.18 bits per heavy atom. The monoisotopic (exact) mass is 240 g/mol. The van der Waals surface area contributed by atoms with Crippen molar-refractivity contribution in [3.63, 3.8) is 0 Å². The maximum Gasteiger partial charge on any atom is 0.0478 e. The Morgan fingerprint density at radius 3 is 2.47 bits per heavy atom. The van der Waals surface area contributed by atoms with Crippen LogP contribution in [0.25, 0.3) is 0 Å². The van der Waals surface area contributed by atoms with E-state index in [1.807, 2.05) is 0 Å². The lowest BCUT2D eigenvalue weighted by molar-refractivity contribution is 0.0900. The third kappa shape index (κ3) is 3.43. The van der Waals surface area contributed by atoms with Crippen LogP contribution in [0, 0.1) is 0 Å². The summed E-state index contributed by atoms with van der Waals surface area (Å²) >= 11 is 0. The topological polar surface area (TPSA) is 24.5 Å². The molecule has 0 aromatic heterocycles. The first-order valence-electron chi connectivity index (χ1n) is 7.42. The molecule has 1 N–H and O–H groups in total. The van der Waals surface area contributed by atoms with Crippen LogP contribution in [-0.2, 0) is 4.74 Å². The molecule has 2 aliphatic heterocycles. The molecule has 0 spiro atoms. The third-order valence-corrected chi connectivity index (χ3v) is 4.29. The molecule has 2 fully saturated rings. The van der Waals surface area contributed by atoms with Gasteiger partial charge in [0.1, 0.15) is 0 Å². The van der Waals surface area contributed by atoms with Crippen LogP contribution in [0.5, 0.6) is 0 Å². The highest BCUT2D eigenvalue weighted by Crippen LogP contribution is 2.35. The summed E-state index contributed by atoms with van der Waals surface area (Å²) in [5.41, 5.74) is 0. The maximum atomic E-state index is 5.44. The molecule has 0 amide bonds. The first kappa shape index (κ1) is 13.3. The summed E-state index contributed by atoms with van der Waals surface area (Å²) in [6, 6.07) is 2.47. The molecule has 3 heteroatoms. The smallest absolute Gasteiger partial charge is 0.0478 e. The molecular weight excluding hydrogens is 212 g/mol. The van der Waals surface area contributed by atoms with Crippen LogP contribution < -0.4 is 5.32 Å². The van der Waals surface area contributed by atoms with E-state index in [9.17, 15) is 0 Å². The Kier molecular flexibility index (Phi) is 5.26. The van der Waals surface area contributed by atoms with Gasteiger partial charge in [-0.1, -0.05) is 6.92 Å². The van der Waals surface area contributed by atoms with Crippen LogP contribution in [0.4, 0.5) is 0 Å². The van der Waals surface area contributed by atoms with Crippen molar-refractivity contribution in [2.75, 3.05) is 26.3 Å². The number of piperidine rings is 1. The highest BCUT2D eigenvalue weighted by molar-refractivity contribution is 4.97. The Balaban J connectivity index is 1.74. The zero-order chi connectivity index (χ0) is 12.1. The van der Waals surface area contributed by atoms with Gasteiger partial charge >= 0.3 is 0 Å². The van der Waals surface area contributed by atoms with E-state index in [2.05, 4.69) is 24.1 Å². The molecule has 2 unspecified atom stereocenters. The standard InChI is InChI=1S/C14H28N2O/c1-3-15-12-10-13-6-7-14(11-12)16(13)8-5-9-17-4-2/h12-15H,3-11H2,1-2H3. The van der Waals surface area contributed by atoms with Gasteiger partial charge in [0.25, 0.3) is 0 Å². The summed E-state index contributed by atoms with van der Waals surface area (Å²) in [5.74, 6) is 0. The zero-order valence-corrected chi connectivity index (χ0v) is 11.5. The van der Waals surface area contributed by atoms with Crippen molar-refractivity contribution in [3.8, 4) is 0 Å². The predicted octanol–water partition coefficient (Wildman–Crippen LogP) is 2.02. The van der Waals surface area contributed by atoms with Crippen molar-refractivity contribution < 1.29 is 4.74 Å². The minimum Gasteiger partial charge on any atom is -0.382 e. The first-order valence-corrected chi connectivity index (χ1v) is 7.42. The number of nitrogens with one attached hydrogen (secondary N) is 1. The number of fused-ring (bicyclic) bond motifs is 2. The fourth-order valence-corrected chi connectivity index (χ4v) is 3.59. The van der Waals surface area contributed by atoms with Gasteiger partial charge in [-0.2, -0.15) is 0 Å². The molecule has 17 heavy (non-hydrogen) atoms. The van der Waals surface area contributed by atoms with Gasteiger partial charge in [0.05, 0.1) is 0 Å². The van der Waals surface area contributed by atoms with E-state index in [0.717, 1.165) is 37.9 Å². The molecule has 0 radical (unpaired) electrons. The quantitative estimate of drug-likeness (QED) is 0.689. The average Bonchev–Trinajstić information content (AvgIpc) is 2.57. The molecule has 2 rings (SSSR count). The van der Waals surface area contributed by atoms with Gasteiger partial charge < -0.3 is 10.1 Å². The van der Waals surface area contributed by atoms with E-state index < -0.39 is 0 Å². The van der Waals surface area contributed by atoms with Crippen LogP contribution in [0.1, 0.15) is 46.0 Å². The van der Waals surface area contributed by atoms with Crippen molar-refractivity contribution >= 4 is 0 Å². The second-order valence-electron chi connectivity index (χ2n) is 5.40. The molecular formula is C14H28N2O. The summed E-state index contributed by atoms with van der Waals surface area (Å²) in [6.07, 6.45) is 6.76. The van der Waals surface area contributed by atoms with Crippen LogP contribution in [0.3, 0.4) is 0 Å². The second-order valence-corrected chi connectivity index (χ2v) is 5.40. The van der Waals surface area contributed by atoms with E-state index in [1.165, 1.54) is 38.6 Å². The molecule has 0 aliphatic carbocycles. The van der Waals surface area contributed by atoms with Gasteiger partial charge in [0.2, 0.25) is 0 Å². The van der Waals surface area contributed by atoms with E-state index in [0.29, 0.717) is 0 Å².